The Balaban J connectivity index is 2.02. The molecule has 5 heteroatoms. The molecule has 1 unspecified atom stereocenters. The summed E-state index contributed by atoms with van der Waals surface area (Å²) >= 11 is 3.41. The van der Waals surface area contributed by atoms with Crippen LogP contribution in [-0.4, -0.2) is 20.1 Å². The van der Waals surface area contributed by atoms with Gasteiger partial charge in [-0.25, -0.2) is 4.68 Å². The van der Waals surface area contributed by atoms with Gasteiger partial charge in [0.15, 0.2) is 0 Å². The van der Waals surface area contributed by atoms with E-state index in [1.165, 1.54) is 0 Å². The highest BCUT2D eigenvalue weighted by molar-refractivity contribution is 9.10. The van der Waals surface area contributed by atoms with E-state index in [-0.39, 0.29) is 0 Å². The summed E-state index contributed by atoms with van der Waals surface area (Å²) in [6, 6.07) is 17.2. The summed E-state index contributed by atoms with van der Waals surface area (Å²) in [7, 11) is 0. The molecule has 3 aromatic rings. The van der Waals surface area contributed by atoms with E-state index in [1.807, 2.05) is 54.6 Å². The molecular formula is C15H12BrN3O. The first-order valence-electron chi connectivity index (χ1n) is 6.15. The molecule has 1 N–H and O–H groups in total. The van der Waals surface area contributed by atoms with E-state index in [0.29, 0.717) is 5.69 Å². The largest absolute Gasteiger partial charge is 0.382 e. The molecule has 0 bridgehead atoms. The van der Waals surface area contributed by atoms with Gasteiger partial charge in [0.25, 0.3) is 0 Å². The molecule has 20 heavy (non-hydrogen) atoms. The van der Waals surface area contributed by atoms with E-state index in [4.69, 9.17) is 0 Å². The van der Waals surface area contributed by atoms with Crippen molar-refractivity contribution in [2.45, 2.75) is 6.10 Å². The van der Waals surface area contributed by atoms with Crippen LogP contribution in [0.5, 0.6) is 0 Å². The average molecular weight is 330 g/mol. The van der Waals surface area contributed by atoms with E-state index in [0.717, 1.165) is 15.7 Å². The molecular weight excluding hydrogens is 318 g/mol. The van der Waals surface area contributed by atoms with Crippen molar-refractivity contribution in [1.82, 2.24) is 15.0 Å². The smallest absolute Gasteiger partial charge is 0.123 e. The zero-order chi connectivity index (χ0) is 13.9. The molecule has 0 amide bonds. The molecule has 1 aromatic heterocycles. The summed E-state index contributed by atoms with van der Waals surface area (Å²) in [5.41, 5.74) is 2.29. The fraction of sp³-hybridized carbons (Fsp3) is 0.0667. The number of para-hydroxylation sites is 1. The summed E-state index contributed by atoms with van der Waals surface area (Å²) in [5, 5.41) is 18.5. The highest BCUT2D eigenvalue weighted by Gasteiger charge is 2.17. The van der Waals surface area contributed by atoms with Crippen LogP contribution in [0.15, 0.2) is 65.3 Å². The number of halogens is 1. The van der Waals surface area contributed by atoms with Crippen LogP contribution in [0.3, 0.4) is 0 Å². The van der Waals surface area contributed by atoms with E-state index >= 15 is 0 Å². The number of nitrogens with zero attached hydrogens (tertiary/aromatic N) is 3. The van der Waals surface area contributed by atoms with Crippen LogP contribution in [0.1, 0.15) is 17.4 Å². The van der Waals surface area contributed by atoms with Crippen molar-refractivity contribution in [3.05, 3.63) is 76.5 Å². The molecule has 0 saturated carbocycles. The molecule has 1 atom stereocenters. The molecule has 0 saturated heterocycles. The van der Waals surface area contributed by atoms with Gasteiger partial charge in [0.05, 0.1) is 17.6 Å². The van der Waals surface area contributed by atoms with Crippen LogP contribution in [0.2, 0.25) is 0 Å². The SMILES string of the molecule is OC(c1cccc(Br)c1)c1cnnn1-c1ccccc1. The first kappa shape index (κ1) is 13.0. The number of aliphatic hydroxyl groups is 1. The van der Waals surface area contributed by atoms with E-state index < -0.39 is 6.10 Å². The lowest BCUT2D eigenvalue weighted by molar-refractivity contribution is 0.212. The van der Waals surface area contributed by atoms with Gasteiger partial charge < -0.3 is 5.11 Å². The lowest BCUT2D eigenvalue weighted by Gasteiger charge is -2.13. The molecule has 0 aliphatic heterocycles. The average Bonchev–Trinajstić information content (AvgIpc) is 2.97. The molecule has 0 fully saturated rings. The highest BCUT2D eigenvalue weighted by atomic mass is 79.9. The maximum absolute atomic E-state index is 10.5. The second kappa shape index (κ2) is 5.56. The Morgan fingerprint density at radius 2 is 1.85 bits per heavy atom. The number of rotatable bonds is 3. The van der Waals surface area contributed by atoms with Gasteiger partial charge in [0.2, 0.25) is 0 Å². The standard InChI is InChI=1S/C15H12BrN3O/c16-12-6-4-5-11(9-12)15(20)14-10-17-18-19(14)13-7-2-1-3-8-13/h1-10,15,20H. The van der Waals surface area contributed by atoms with Gasteiger partial charge in [0, 0.05) is 4.47 Å². The van der Waals surface area contributed by atoms with Crippen molar-refractivity contribution in [3.8, 4) is 5.69 Å². The molecule has 0 spiro atoms. The number of aliphatic hydroxyl groups excluding tert-OH is 1. The monoisotopic (exact) mass is 329 g/mol. The fourth-order valence-electron chi connectivity index (χ4n) is 2.05. The first-order valence-corrected chi connectivity index (χ1v) is 6.94. The molecule has 4 nitrogen and oxygen atoms in total. The third kappa shape index (κ3) is 2.50. The molecule has 100 valence electrons. The maximum atomic E-state index is 10.5. The Morgan fingerprint density at radius 3 is 2.60 bits per heavy atom. The third-order valence-electron chi connectivity index (χ3n) is 3.02. The van der Waals surface area contributed by atoms with Crippen LogP contribution in [0.4, 0.5) is 0 Å². The normalized spacial score (nSPS) is 12.3. The van der Waals surface area contributed by atoms with Gasteiger partial charge in [-0.3, -0.25) is 0 Å². The molecule has 3 rings (SSSR count). The summed E-state index contributed by atoms with van der Waals surface area (Å²) in [6.45, 7) is 0. The quantitative estimate of drug-likeness (QED) is 0.803. The van der Waals surface area contributed by atoms with Crippen molar-refractivity contribution < 1.29 is 5.11 Å². The number of hydrogen-bond donors (Lipinski definition) is 1. The first-order chi connectivity index (χ1) is 9.75. The van der Waals surface area contributed by atoms with Gasteiger partial charge >= 0.3 is 0 Å². The fourth-order valence-corrected chi connectivity index (χ4v) is 2.46. The van der Waals surface area contributed by atoms with Gasteiger partial charge in [-0.1, -0.05) is 51.5 Å². The predicted molar refractivity (Wildman–Crippen MR) is 79.6 cm³/mol. The van der Waals surface area contributed by atoms with Gasteiger partial charge in [-0.2, -0.15) is 0 Å². The molecule has 0 aliphatic carbocycles. The van der Waals surface area contributed by atoms with Crippen molar-refractivity contribution >= 4 is 15.9 Å². The summed E-state index contributed by atoms with van der Waals surface area (Å²) in [6.07, 6.45) is 0.807. The van der Waals surface area contributed by atoms with E-state index in [9.17, 15) is 5.11 Å². The number of benzene rings is 2. The number of hydrogen-bond acceptors (Lipinski definition) is 3. The van der Waals surface area contributed by atoms with Gasteiger partial charge in [0.1, 0.15) is 6.10 Å². The molecule has 0 aliphatic rings. The summed E-state index contributed by atoms with van der Waals surface area (Å²) < 4.78 is 2.57. The number of aromatic nitrogens is 3. The molecule has 0 radical (unpaired) electrons. The molecule has 1 heterocycles. The van der Waals surface area contributed by atoms with Crippen LogP contribution >= 0.6 is 15.9 Å². The second-order valence-corrected chi connectivity index (χ2v) is 5.28. The van der Waals surface area contributed by atoms with Crippen molar-refractivity contribution in [2.75, 3.05) is 0 Å². The topological polar surface area (TPSA) is 50.9 Å². The minimum atomic E-state index is -0.775. The van der Waals surface area contributed by atoms with Crippen LogP contribution in [-0.2, 0) is 0 Å². The van der Waals surface area contributed by atoms with Crippen LogP contribution in [0, 0.1) is 0 Å². The van der Waals surface area contributed by atoms with Crippen molar-refractivity contribution in [3.63, 3.8) is 0 Å². The van der Waals surface area contributed by atoms with Gasteiger partial charge in [-0.05, 0) is 29.8 Å². The summed E-state index contributed by atoms with van der Waals surface area (Å²) in [4.78, 5) is 0. The van der Waals surface area contributed by atoms with Crippen LogP contribution in [0.25, 0.3) is 5.69 Å². The Labute approximate surface area is 124 Å². The Kier molecular flexibility index (Phi) is 3.62. The zero-order valence-corrected chi connectivity index (χ0v) is 12.1. The van der Waals surface area contributed by atoms with Crippen molar-refractivity contribution in [1.29, 1.82) is 0 Å². The predicted octanol–water partition coefficient (Wildman–Crippen LogP) is 3.11. The van der Waals surface area contributed by atoms with E-state index in [2.05, 4.69) is 26.2 Å². The minimum Gasteiger partial charge on any atom is -0.382 e. The molecule has 2 aromatic carbocycles. The van der Waals surface area contributed by atoms with Crippen LogP contribution < -0.4 is 0 Å². The Bertz CT molecular complexity index is 712. The van der Waals surface area contributed by atoms with Gasteiger partial charge in [-0.15, -0.1) is 5.10 Å². The highest BCUT2D eigenvalue weighted by Crippen LogP contribution is 2.25. The van der Waals surface area contributed by atoms with E-state index in [1.54, 1.807) is 10.9 Å². The van der Waals surface area contributed by atoms with Crippen molar-refractivity contribution in [2.24, 2.45) is 0 Å². The minimum absolute atomic E-state index is 0.634. The Morgan fingerprint density at radius 1 is 1.05 bits per heavy atom. The lowest BCUT2D eigenvalue weighted by atomic mass is 10.1. The third-order valence-corrected chi connectivity index (χ3v) is 3.51. The second-order valence-electron chi connectivity index (χ2n) is 4.36. The Hall–Kier alpha value is -1.98. The maximum Gasteiger partial charge on any atom is 0.123 e. The lowest BCUT2D eigenvalue weighted by Crippen LogP contribution is -2.08. The zero-order valence-electron chi connectivity index (χ0n) is 10.5. The summed E-state index contributed by atoms with van der Waals surface area (Å²) in [5.74, 6) is 0.